The average molecular weight is 316 g/mol. The molecular formula is C20H20N4. The van der Waals surface area contributed by atoms with E-state index >= 15 is 0 Å². The quantitative estimate of drug-likeness (QED) is 0.744. The van der Waals surface area contributed by atoms with Gasteiger partial charge in [0.1, 0.15) is 6.07 Å². The van der Waals surface area contributed by atoms with Crippen LogP contribution in [-0.4, -0.2) is 27.8 Å². The summed E-state index contributed by atoms with van der Waals surface area (Å²) in [7, 11) is 0. The molecule has 4 heteroatoms. The molecule has 3 aromatic rings. The van der Waals surface area contributed by atoms with Crippen LogP contribution in [0.2, 0.25) is 0 Å². The van der Waals surface area contributed by atoms with Crippen LogP contribution in [-0.2, 0) is 19.5 Å². The second kappa shape index (κ2) is 6.46. The Morgan fingerprint density at radius 1 is 1.08 bits per heavy atom. The normalized spacial score (nSPS) is 15.0. The number of nitriles is 1. The van der Waals surface area contributed by atoms with Gasteiger partial charge in [0.05, 0.1) is 5.69 Å². The smallest absolute Gasteiger partial charge is 0.162 e. The fourth-order valence-corrected chi connectivity index (χ4v) is 3.56. The number of nitrogens with zero attached hydrogens (tertiary/aromatic N) is 4. The second-order valence-electron chi connectivity index (χ2n) is 6.37. The molecule has 2 aromatic carbocycles. The molecule has 0 bridgehead atoms. The number of hydrogen-bond donors (Lipinski definition) is 0. The molecule has 1 aromatic heterocycles. The Hall–Kier alpha value is -2.64. The Morgan fingerprint density at radius 2 is 1.96 bits per heavy atom. The van der Waals surface area contributed by atoms with E-state index in [9.17, 15) is 0 Å². The van der Waals surface area contributed by atoms with Crippen molar-refractivity contribution in [2.24, 2.45) is 0 Å². The van der Waals surface area contributed by atoms with E-state index in [2.05, 4.69) is 58.5 Å². The minimum atomic E-state index is 0.529. The van der Waals surface area contributed by atoms with E-state index in [0.717, 1.165) is 44.7 Å². The lowest BCUT2D eigenvalue weighted by Gasteiger charge is -2.19. The molecule has 4 rings (SSSR count). The lowest BCUT2D eigenvalue weighted by atomic mass is 10.0. The van der Waals surface area contributed by atoms with Gasteiger partial charge in [0.15, 0.2) is 5.69 Å². The van der Waals surface area contributed by atoms with Crippen molar-refractivity contribution >= 4 is 10.8 Å². The van der Waals surface area contributed by atoms with Gasteiger partial charge in [-0.1, -0.05) is 42.5 Å². The molecule has 0 atom stereocenters. The summed E-state index contributed by atoms with van der Waals surface area (Å²) >= 11 is 0. The lowest BCUT2D eigenvalue weighted by molar-refractivity contribution is 0.273. The van der Waals surface area contributed by atoms with Crippen LogP contribution in [0.4, 0.5) is 0 Å². The summed E-state index contributed by atoms with van der Waals surface area (Å²) < 4.78 is 2.00. The van der Waals surface area contributed by atoms with Gasteiger partial charge in [-0.2, -0.15) is 10.4 Å². The van der Waals surface area contributed by atoms with E-state index in [1.165, 1.54) is 16.3 Å². The highest BCUT2D eigenvalue weighted by Gasteiger charge is 2.16. The van der Waals surface area contributed by atoms with Gasteiger partial charge in [-0.25, -0.2) is 0 Å². The molecule has 1 aliphatic rings. The van der Waals surface area contributed by atoms with Crippen molar-refractivity contribution in [1.29, 1.82) is 5.26 Å². The van der Waals surface area contributed by atoms with Crippen LogP contribution < -0.4 is 0 Å². The van der Waals surface area contributed by atoms with E-state index in [4.69, 9.17) is 5.26 Å². The summed E-state index contributed by atoms with van der Waals surface area (Å²) in [5.74, 6) is 0. The molecule has 2 heterocycles. The van der Waals surface area contributed by atoms with Crippen LogP contribution in [0.25, 0.3) is 10.8 Å². The largest absolute Gasteiger partial charge is 0.297 e. The number of benzene rings is 2. The van der Waals surface area contributed by atoms with Crippen LogP contribution in [0.5, 0.6) is 0 Å². The van der Waals surface area contributed by atoms with Crippen LogP contribution in [0.15, 0.2) is 48.5 Å². The lowest BCUT2D eigenvalue weighted by Crippen LogP contribution is -2.25. The van der Waals surface area contributed by atoms with E-state index in [1.54, 1.807) is 0 Å². The van der Waals surface area contributed by atoms with Crippen LogP contribution in [0.3, 0.4) is 0 Å². The SMILES string of the molecule is N#Cc1cc2n(n1)CCCN(CCc1cccc3ccccc13)C2. The first-order valence-corrected chi connectivity index (χ1v) is 8.49. The Balaban J connectivity index is 1.50. The molecule has 0 N–H and O–H groups in total. The summed E-state index contributed by atoms with van der Waals surface area (Å²) in [4.78, 5) is 2.48. The van der Waals surface area contributed by atoms with Gasteiger partial charge in [-0.15, -0.1) is 0 Å². The van der Waals surface area contributed by atoms with Crippen molar-refractivity contribution in [1.82, 2.24) is 14.7 Å². The molecule has 0 saturated carbocycles. The molecule has 0 saturated heterocycles. The molecule has 0 spiro atoms. The maximum Gasteiger partial charge on any atom is 0.162 e. The highest BCUT2D eigenvalue weighted by atomic mass is 15.3. The molecule has 120 valence electrons. The zero-order valence-electron chi connectivity index (χ0n) is 13.7. The summed E-state index contributed by atoms with van der Waals surface area (Å²) in [5, 5.41) is 16.0. The van der Waals surface area contributed by atoms with Gasteiger partial charge >= 0.3 is 0 Å². The third kappa shape index (κ3) is 2.91. The highest BCUT2D eigenvalue weighted by Crippen LogP contribution is 2.20. The Bertz CT molecular complexity index is 898. The Morgan fingerprint density at radius 3 is 2.88 bits per heavy atom. The third-order valence-electron chi connectivity index (χ3n) is 4.79. The first-order valence-electron chi connectivity index (χ1n) is 8.49. The molecule has 0 fully saturated rings. The monoisotopic (exact) mass is 316 g/mol. The third-order valence-corrected chi connectivity index (χ3v) is 4.79. The minimum absolute atomic E-state index is 0.529. The standard InChI is InChI=1S/C20H20N4/c21-14-18-13-19-15-23(10-4-11-24(19)22-18)12-9-17-7-3-6-16-5-1-2-8-20(16)17/h1-3,5-8,13H,4,9-12,15H2. The zero-order chi connectivity index (χ0) is 16.4. The molecule has 0 amide bonds. The van der Waals surface area contributed by atoms with E-state index < -0.39 is 0 Å². The van der Waals surface area contributed by atoms with E-state index in [1.807, 2.05) is 10.7 Å². The van der Waals surface area contributed by atoms with Crippen LogP contribution in [0, 0.1) is 11.3 Å². The number of aryl methyl sites for hydroxylation is 1. The number of rotatable bonds is 3. The minimum Gasteiger partial charge on any atom is -0.297 e. The molecule has 24 heavy (non-hydrogen) atoms. The fourth-order valence-electron chi connectivity index (χ4n) is 3.56. The van der Waals surface area contributed by atoms with Gasteiger partial charge in [0, 0.05) is 26.2 Å². The molecule has 4 nitrogen and oxygen atoms in total. The average Bonchev–Trinajstić information content (AvgIpc) is 2.91. The van der Waals surface area contributed by atoms with E-state index in [-0.39, 0.29) is 0 Å². The van der Waals surface area contributed by atoms with Gasteiger partial charge in [0.2, 0.25) is 0 Å². The second-order valence-corrected chi connectivity index (χ2v) is 6.37. The van der Waals surface area contributed by atoms with Gasteiger partial charge in [0.25, 0.3) is 0 Å². The van der Waals surface area contributed by atoms with Crippen LogP contribution >= 0.6 is 0 Å². The van der Waals surface area contributed by atoms with Crippen molar-refractivity contribution in [3.63, 3.8) is 0 Å². The summed E-state index contributed by atoms with van der Waals surface area (Å²) in [6.07, 6.45) is 2.12. The molecule has 0 radical (unpaired) electrons. The molecule has 0 unspecified atom stereocenters. The topological polar surface area (TPSA) is 44.9 Å². The fraction of sp³-hybridized carbons (Fsp3) is 0.300. The summed E-state index contributed by atoms with van der Waals surface area (Å²) in [6, 6.07) is 19.2. The Labute approximate surface area is 141 Å². The highest BCUT2D eigenvalue weighted by molar-refractivity contribution is 5.85. The van der Waals surface area contributed by atoms with Crippen molar-refractivity contribution in [3.8, 4) is 6.07 Å². The van der Waals surface area contributed by atoms with E-state index in [0.29, 0.717) is 5.69 Å². The summed E-state index contributed by atoms with van der Waals surface area (Å²) in [6.45, 7) is 3.89. The zero-order valence-corrected chi connectivity index (χ0v) is 13.7. The van der Waals surface area contributed by atoms with Gasteiger partial charge in [-0.05, 0) is 35.2 Å². The van der Waals surface area contributed by atoms with Crippen molar-refractivity contribution in [2.45, 2.75) is 25.9 Å². The summed E-state index contributed by atoms with van der Waals surface area (Å²) in [5.41, 5.74) is 3.09. The predicted molar refractivity (Wildman–Crippen MR) is 94.5 cm³/mol. The maximum absolute atomic E-state index is 9.04. The molecule has 1 aliphatic heterocycles. The van der Waals surface area contributed by atoms with Gasteiger partial charge in [-0.3, -0.25) is 9.58 Å². The van der Waals surface area contributed by atoms with Crippen molar-refractivity contribution in [2.75, 3.05) is 13.1 Å². The first-order chi connectivity index (χ1) is 11.8. The van der Waals surface area contributed by atoms with Gasteiger partial charge < -0.3 is 0 Å². The molecule has 0 aliphatic carbocycles. The first kappa shape index (κ1) is 14.9. The molecular weight excluding hydrogens is 296 g/mol. The van der Waals surface area contributed by atoms with Crippen LogP contribution in [0.1, 0.15) is 23.4 Å². The van der Waals surface area contributed by atoms with Crippen molar-refractivity contribution < 1.29 is 0 Å². The number of aromatic nitrogens is 2. The number of hydrogen-bond acceptors (Lipinski definition) is 3. The predicted octanol–water partition coefficient (Wildman–Crippen LogP) is 3.36. The Kier molecular flexibility index (Phi) is 4.02. The maximum atomic E-state index is 9.04. The van der Waals surface area contributed by atoms with Crippen molar-refractivity contribution in [3.05, 3.63) is 65.5 Å². The number of fused-ring (bicyclic) bond motifs is 2.